The molecule has 0 fully saturated rings. The van der Waals surface area contributed by atoms with Gasteiger partial charge in [-0.25, -0.2) is 4.98 Å². The zero-order valence-corrected chi connectivity index (χ0v) is 27.5. The first-order chi connectivity index (χ1) is 25.3. The van der Waals surface area contributed by atoms with Crippen molar-refractivity contribution in [3.05, 3.63) is 187 Å². The second-order valence-electron chi connectivity index (χ2n) is 13.2. The van der Waals surface area contributed by atoms with E-state index in [0.29, 0.717) is 11.6 Å². The Kier molecular flexibility index (Phi) is 5.95. The van der Waals surface area contributed by atoms with Gasteiger partial charge in [-0.05, 0) is 46.5 Å². The van der Waals surface area contributed by atoms with Crippen LogP contribution in [-0.4, -0.2) is 24.1 Å². The van der Waals surface area contributed by atoms with Crippen molar-refractivity contribution < 1.29 is 0 Å². The zero-order chi connectivity index (χ0) is 33.5. The monoisotopic (exact) mass is 651 g/mol. The fraction of sp³-hybridized carbons (Fsp3) is 0.0217. The van der Waals surface area contributed by atoms with Crippen molar-refractivity contribution in [2.24, 2.45) is 0 Å². The highest BCUT2D eigenvalue weighted by atomic mass is 15.3. The number of aromatic nitrogens is 5. The van der Waals surface area contributed by atoms with Gasteiger partial charge in [0.25, 0.3) is 5.78 Å². The second-order valence-corrected chi connectivity index (χ2v) is 13.2. The molecule has 0 spiro atoms. The third-order valence-electron chi connectivity index (χ3n) is 10.5. The first kappa shape index (κ1) is 28.0. The number of hydrogen-bond donors (Lipinski definition) is 0. The summed E-state index contributed by atoms with van der Waals surface area (Å²) in [6, 6.07) is 60.3. The van der Waals surface area contributed by atoms with E-state index in [-0.39, 0.29) is 5.92 Å². The minimum atomic E-state index is -0.00442. The summed E-state index contributed by atoms with van der Waals surface area (Å²) in [4.78, 5) is 10.2. The van der Waals surface area contributed by atoms with Crippen molar-refractivity contribution in [1.82, 2.24) is 24.1 Å². The van der Waals surface area contributed by atoms with Gasteiger partial charge in [-0.1, -0.05) is 146 Å². The summed E-state index contributed by atoms with van der Waals surface area (Å²) in [5.74, 6) is 1.24. The molecule has 0 bridgehead atoms. The van der Waals surface area contributed by atoms with Crippen molar-refractivity contribution in [1.29, 1.82) is 0 Å². The van der Waals surface area contributed by atoms with Crippen molar-refractivity contribution >= 4 is 38.5 Å². The molecule has 3 aromatic heterocycles. The molecule has 0 amide bonds. The largest absolute Gasteiger partial charge is 0.309 e. The molecule has 0 saturated heterocycles. The predicted molar refractivity (Wildman–Crippen MR) is 206 cm³/mol. The van der Waals surface area contributed by atoms with E-state index in [1.165, 1.54) is 49.6 Å². The number of para-hydroxylation sites is 3. The lowest BCUT2D eigenvalue weighted by atomic mass is 9.86. The topological polar surface area (TPSA) is 48.0 Å². The molecular weight excluding hydrogens is 623 g/mol. The average Bonchev–Trinajstić information content (AvgIpc) is 3.88. The Hall–Kier alpha value is -6.85. The summed E-state index contributed by atoms with van der Waals surface area (Å²) in [5.41, 5.74) is 13.8. The summed E-state index contributed by atoms with van der Waals surface area (Å²) in [5, 5.41) is 8.71. The molecule has 11 rings (SSSR count). The highest BCUT2D eigenvalue weighted by Crippen LogP contribution is 2.53. The number of benzene rings is 7. The van der Waals surface area contributed by atoms with Gasteiger partial charge in [0.15, 0.2) is 5.82 Å². The molecule has 1 atom stereocenters. The molecule has 1 unspecified atom stereocenters. The number of hydrogen-bond acceptors (Lipinski definition) is 3. The molecule has 1 aliphatic carbocycles. The van der Waals surface area contributed by atoms with E-state index in [4.69, 9.17) is 15.1 Å². The lowest BCUT2D eigenvalue weighted by Gasteiger charge is -2.17. The van der Waals surface area contributed by atoms with Crippen molar-refractivity contribution in [2.75, 3.05) is 0 Å². The van der Waals surface area contributed by atoms with Crippen LogP contribution in [0.1, 0.15) is 22.6 Å². The minimum absolute atomic E-state index is 0.00442. The minimum Gasteiger partial charge on any atom is -0.309 e. The van der Waals surface area contributed by atoms with Gasteiger partial charge in [-0.15, -0.1) is 5.10 Å². The Morgan fingerprint density at radius 1 is 0.451 bits per heavy atom. The van der Waals surface area contributed by atoms with Crippen LogP contribution in [0.15, 0.2) is 170 Å². The Labute approximate surface area is 293 Å². The average molecular weight is 652 g/mol. The zero-order valence-electron chi connectivity index (χ0n) is 27.5. The van der Waals surface area contributed by atoms with Gasteiger partial charge in [0.05, 0.1) is 22.2 Å². The maximum Gasteiger partial charge on any atom is 0.253 e. The normalized spacial score (nSPS) is 13.7. The van der Waals surface area contributed by atoms with E-state index in [0.717, 1.165) is 33.4 Å². The van der Waals surface area contributed by atoms with Crippen molar-refractivity contribution in [3.63, 3.8) is 0 Å². The van der Waals surface area contributed by atoms with Gasteiger partial charge in [0.1, 0.15) is 0 Å². The maximum atomic E-state index is 5.16. The van der Waals surface area contributed by atoms with Crippen LogP contribution in [0.25, 0.3) is 77.9 Å². The number of fused-ring (bicyclic) bond motifs is 10. The van der Waals surface area contributed by atoms with Crippen LogP contribution in [0, 0.1) is 0 Å². The maximum absolute atomic E-state index is 5.16. The van der Waals surface area contributed by atoms with Crippen molar-refractivity contribution in [3.8, 4) is 39.5 Å². The fourth-order valence-electron chi connectivity index (χ4n) is 8.36. The molecule has 0 aliphatic heterocycles. The smallest absolute Gasteiger partial charge is 0.253 e. The van der Waals surface area contributed by atoms with Gasteiger partial charge < -0.3 is 4.57 Å². The summed E-state index contributed by atoms with van der Waals surface area (Å²) in [7, 11) is 0. The van der Waals surface area contributed by atoms with Crippen LogP contribution in [-0.2, 0) is 0 Å². The third-order valence-corrected chi connectivity index (χ3v) is 10.5. The van der Waals surface area contributed by atoms with Crippen LogP contribution < -0.4 is 0 Å². The van der Waals surface area contributed by atoms with Crippen LogP contribution in [0.4, 0.5) is 0 Å². The summed E-state index contributed by atoms with van der Waals surface area (Å²) < 4.78 is 4.34. The van der Waals surface area contributed by atoms with Crippen LogP contribution in [0.3, 0.4) is 0 Å². The molecule has 5 heteroatoms. The Morgan fingerprint density at radius 2 is 1.08 bits per heavy atom. The molecule has 238 valence electrons. The molecule has 51 heavy (non-hydrogen) atoms. The molecule has 0 saturated carbocycles. The van der Waals surface area contributed by atoms with Gasteiger partial charge in [-0.3, -0.25) is 0 Å². The highest BCUT2D eigenvalue weighted by molar-refractivity contribution is 6.15. The highest BCUT2D eigenvalue weighted by Gasteiger charge is 2.35. The van der Waals surface area contributed by atoms with E-state index in [2.05, 4.69) is 150 Å². The molecule has 7 aromatic carbocycles. The lowest BCUT2D eigenvalue weighted by Crippen LogP contribution is -2.02. The standard InChI is InChI=1S/C46H29N5/c1-3-15-29(16-4-1)43-37-24-12-14-26-40(37)51-46(47-43)48-45(49-51)36-23-10-9-22-34(36)41-32-20-7-8-21-33(32)42-38(41)28-27-35-31-19-11-13-25-39(31)50(44(35)42)30-17-5-2-6-18-30/h1-28,41H. The molecular formula is C46H29N5. The fourth-order valence-corrected chi connectivity index (χ4v) is 8.36. The SMILES string of the molecule is c1ccc(-c2nc3nc(-c4ccccc4C4c5ccccc5-c5c4ccc4c6ccccc6n(-c6ccccc6)c54)nn3c3ccccc23)cc1. The molecule has 1 aliphatic rings. The summed E-state index contributed by atoms with van der Waals surface area (Å²) in [6.07, 6.45) is 0. The molecule has 10 aromatic rings. The first-order valence-electron chi connectivity index (χ1n) is 17.3. The van der Waals surface area contributed by atoms with Gasteiger partial charge in [-0.2, -0.15) is 9.50 Å². The van der Waals surface area contributed by atoms with E-state index in [9.17, 15) is 0 Å². The Bertz CT molecular complexity index is 2970. The van der Waals surface area contributed by atoms with Crippen LogP contribution in [0.2, 0.25) is 0 Å². The number of rotatable bonds is 4. The van der Waals surface area contributed by atoms with Crippen LogP contribution >= 0.6 is 0 Å². The lowest BCUT2D eigenvalue weighted by molar-refractivity contribution is 0.978. The summed E-state index contributed by atoms with van der Waals surface area (Å²) >= 11 is 0. The van der Waals surface area contributed by atoms with Gasteiger partial charge >= 0.3 is 0 Å². The van der Waals surface area contributed by atoms with E-state index in [1.807, 2.05) is 28.8 Å². The molecule has 3 heterocycles. The van der Waals surface area contributed by atoms with E-state index >= 15 is 0 Å². The van der Waals surface area contributed by atoms with E-state index < -0.39 is 0 Å². The molecule has 5 nitrogen and oxygen atoms in total. The molecule has 0 radical (unpaired) electrons. The first-order valence-corrected chi connectivity index (χ1v) is 17.3. The van der Waals surface area contributed by atoms with Crippen LogP contribution in [0.5, 0.6) is 0 Å². The summed E-state index contributed by atoms with van der Waals surface area (Å²) in [6.45, 7) is 0. The second kappa shape index (κ2) is 10.8. The third kappa shape index (κ3) is 4.06. The van der Waals surface area contributed by atoms with Crippen molar-refractivity contribution in [2.45, 2.75) is 5.92 Å². The molecule has 0 N–H and O–H groups in total. The quantitative estimate of drug-likeness (QED) is 0.190. The number of nitrogens with zero attached hydrogens (tertiary/aromatic N) is 5. The van der Waals surface area contributed by atoms with Gasteiger partial charge in [0, 0.05) is 44.5 Å². The predicted octanol–water partition coefficient (Wildman–Crippen LogP) is 10.9. The van der Waals surface area contributed by atoms with E-state index in [1.54, 1.807) is 0 Å². The van der Waals surface area contributed by atoms with Gasteiger partial charge in [0.2, 0.25) is 0 Å². The Balaban J connectivity index is 1.16. The Morgan fingerprint density at radius 3 is 1.88 bits per heavy atom.